The molecule has 0 radical (unpaired) electrons. The van der Waals surface area contributed by atoms with E-state index in [1.807, 2.05) is 11.7 Å². The first kappa shape index (κ1) is 13.1. The van der Waals surface area contributed by atoms with Crippen LogP contribution < -0.4 is 5.32 Å². The Bertz CT molecular complexity index is 546. The van der Waals surface area contributed by atoms with E-state index in [2.05, 4.69) is 64.5 Å². The Hall–Kier alpha value is -1.29. The number of halogens is 1. The molecule has 1 heterocycles. The number of anilines is 1. The fraction of sp³-hybridized carbons (Fsp3) is 0.357. The van der Waals surface area contributed by atoms with Crippen molar-refractivity contribution in [3.05, 3.63) is 45.7 Å². The summed E-state index contributed by atoms with van der Waals surface area (Å²) in [5, 5.41) is 7.86. The van der Waals surface area contributed by atoms with Gasteiger partial charge in [-0.05, 0) is 37.1 Å². The highest BCUT2D eigenvalue weighted by Crippen LogP contribution is 2.21. The summed E-state index contributed by atoms with van der Waals surface area (Å²) in [6.07, 6.45) is 0.976. The molecule has 0 aliphatic carbocycles. The first-order valence-corrected chi connectivity index (χ1v) is 6.91. The number of aromatic nitrogens is 2. The molecule has 3 nitrogen and oxygen atoms in total. The Morgan fingerprint density at radius 3 is 2.72 bits per heavy atom. The lowest BCUT2D eigenvalue weighted by Gasteiger charge is -2.08. The highest BCUT2D eigenvalue weighted by molar-refractivity contribution is 9.10. The lowest BCUT2D eigenvalue weighted by atomic mass is 10.2. The number of nitrogens with zero attached hydrogens (tertiary/aromatic N) is 2. The summed E-state index contributed by atoms with van der Waals surface area (Å²) in [5.41, 5.74) is 4.70. The highest BCUT2D eigenvalue weighted by atomic mass is 79.9. The van der Waals surface area contributed by atoms with Crippen molar-refractivity contribution in [1.29, 1.82) is 0 Å². The van der Waals surface area contributed by atoms with Gasteiger partial charge in [-0.25, -0.2) is 0 Å². The second kappa shape index (κ2) is 5.57. The summed E-state index contributed by atoms with van der Waals surface area (Å²) in [6.45, 7) is 5.00. The number of hydrogen-bond acceptors (Lipinski definition) is 2. The van der Waals surface area contributed by atoms with E-state index in [-0.39, 0.29) is 0 Å². The quantitative estimate of drug-likeness (QED) is 0.934. The predicted molar refractivity (Wildman–Crippen MR) is 78.8 cm³/mol. The molecule has 18 heavy (non-hydrogen) atoms. The van der Waals surface area contributed by atoms with Crippen molar-refractivity contribution in [2.24, 2.45) is 7.05 Å². The van der Waals surface area contributed by atoms with Crippen LogP contribution >= 0.6 is 15.9 Å². The average Bonchev–Trinajstić information content (AvgIpc) is 2.72. The third-order valence-electron chi connectivity index (χ3n) is 3.04. The largest absolute Gasteiger partial charge is 0.379 e. The van der Waals surface area contributed by atoms with Gasteiger partial charge in [-0.3, -0.25) is 4.68 Å². The Kier molecular flexibility index (Phi) is 4.07. The van der Waals surface area contributed by atoms with E-state index in [0.29, 0.717) is 0 Å². The Labute approximate surface area is 116 Å². The summed E-state index contributed by atoms with van der Waals surface area (Å²) in [6, 6.07) is 8.45. The van der Waals surface area contributed by atoms with E-state index in [9.17, 15) is 0 Å². The molecule has 0 saturated carbocycles. The van der Waals surface area contributed by atoms with Gasteiger partial charge in [0.25, 0.3) is 0 Å². The van der Waals surface area contributed by atoms with Crippen LogP contribution in [0.15, 0.2) is 28.7 Å². The molecular formula is C14H18BrN3. The molecule has 0 fully saturated rings. The van der Waals surface area contributed by atoms with Crippen LogP contribution in [0.2, 0.25) is 0 Å². The molecule has 1 aromatic carbocycles. The minimum absolute atomic E-state index is 0.791. The monoisotopic (exact) mass is 307 g/mol. The second-order valence-electron chi connectivity index (χ2n) is 4.42. The van der Waals surface area contributed by atoms with Gasteiger partial charge >= 0.3 is 0 Å². The smallest absolute Gasteiger partial charge is 0.0625 e. The van der Waals surface area contributed by atoms with E-state index in [1.165, 1.54) is 11.3 Å². The molecule has 2 aromatic rings. The van der Waals surface area contributed by atoms with Crippen LogP contribution in [-0.4, -0.2) is 9.78 Å². The molecule has 96 valence electrons. The SMILES string of the molecule is CCc1cc(CNc2ccc(C)c(Br)c2)n(C)n1. The molecule has 0 saturated heterocycles. The molecule has 2 rings (SSSR count). The van der Waals surface area contributed by atoms with Gasteiger partial charge in [0, 0.05) is 17.2 Å². The second-order valence-corrected chi connectivity index (χ2v) is 5.28. The summed E-state index contributed by atoms with van der Waals surface area (Å²) in [5.74, 6) is 0. The van der Waals surface area contributed by atoms with Gasteiger partial charge < -0.3 is 5.32 Å². The molecular weight excluding hydrogens is 290 g/mol. The molecule has 0 atom stereocenters. The van der Waals surface area contributed by atoms with Crippen molar-refractivity contribution in [3.8, 4) is 0 Å². The van der Waals surface area contributed by atoms with Crippen LogP contribution in [0.1, 0.15) is 23.9 Å². The fourth-order valence-corrected chi connectivity index (χ4v) is 2.18. The maximum Gasteiger partial charge on any atom is 0.0625 e. The minimum Gasteiger partial charge on any atom is -0.379 e. The molecule has 0 aliphatic rings. The molecule has 0 spiro atoms. The lowest BCUT2D eigenvalue weighted by Crippen LogP contribution is -2.05. The van der Waals surface area contributed by atoms with Crippen molar-refractivity contribution in [2.45, 2.75) is 26.8 Å². The van der Waals surface area contributed by atoms with Gasteiger partial charge in [0.2, 0.25) is 0 Å². The molecule has 0 bridgehead atoms. The summed E-state index contributed by atoms with van der Waals surface area (Å²) in [7, 11) is 1.99. The number of benzene rings is 1. The van der Waals surface area contributed by atoms with E-state index in [4.69, 9.17) is 0 Å². The third-order valence-corrected chi connectivity index (χ3v) is 3.89. The Morgan fingerprint density at radius 1 is 1.33 bits per heavy atom. The zero-order valence-electron chi connectivity index (χ0n) is 11.0. The van der Waals surface area contributed by atoms with Crippen LogP contribution in [0, 0.1) is 6.92 Å². The minimum atomic E-state index is 0.791. The normalized spacial score (nSPS) is 10.7. The van der Waals surface area contributed by atoms with Crippen molar-refractivity contribution < 1.29 is 0 Å². The zero-order chi connectivity index (χ0) is 13.1. The number of hydrogen-bond donors (Lipinski definition) is 1. The number of aryl methyl sites for hydroxylation is 3. The van der Waals surface area contributed by atoms with Crippen LogP contribution in [0.4, 0.5) is 5.69 Å². The topological polar surface area (TPSA) is 29.9 Å². The molecule has 0 aliphatic heterocycles. The van der Waals surface area contributed by atoms with Crippen molar-refractivity contribution in [2.75, 3.05) is 5.32 Å². The molecule has 4 heteroatoms. The third kappa shape index (κ3) is 2.93. The van der Waals surface area contributed by atoms with Crippen LogP contribution in [0.25, 0.3) is 0 Å². The number of rotatable bonds is 4. The van der Waals surface area contributed by atoms with Gasteiger partial charge in [0.1, 0.15) is 0 Å². The number of nitrogens with one attached hydrogen (secondary N) is 1. The van der Waals surface area contributed by atoms with E-state index >= 15 is 0 Å². The zero-order valence-corrected chi connectivity index (χ0v) is 12.6. The van der Waals surface area contributed by atoms with Crippen LogP contribution in [0.5, 0.6) is 0 Å². The van der Waals surface area contributed by atoms with Gasteiger partial charge in [-0.2, -0.15) is 5.10 Å². The van der Waals surface area contributed by atoms with Gasteiger partial charge in [-0.1, -0.05) is 28.9 Å². The molecule has 1 N–H and O–H groups in total. The van der Waals surface area contributed by atoms with E-state index in [0.717, 1.165) is 28.8 Å². The summed E-state index contributed by atoms with van der Waals surface area (Å²) in [4.78, 5) is 0. The average molecular weight is 308 g/mol. The summed E-state index contributed by atoms with van der Waals surface area (Å²) >= 11 is 3.54. The molecule has 1 aromatic heterocycles. The Balaban J connectivity index is 2.06. The maximum absolute atomic E-state index is 4.44. The highest BCUT2D eigenvalue weighted by Gasteiger charge is 2.04. The maximum atomic E-state index is 4.44. The van der Waals surface area contributed by atoms with Gasteiger partial charge in [0.05, 0.1) is 17.9 Å². The van der Waals surface area contributed by atoms with E-state index < -0.39 is 0 Å². The van der Waals surface area contributed by atoms with Crippen molar-refractivity contribution in [3.63, 3.8) is 0 Å². The molecule has 0 unspecified atom stereocenters. The predicted octanol–water partition coefficient (Wildman–Crippen LogP) is 3.67. The fourth-order valence-electron chi connectivity index (χ4n) is 1.81. The van der Waals surface area contributed by atoms with Gasteiger partial charge in [-0.15, -0.1) is 0 Å². The van der Waals surface area contributed by atoms with Crippen molar-refractivity contribution in [1.82, 2.24) is 9.78 Å². The first-order chi connectivity index (χ1) is 8.60. The molecule has 0 amide bonds. The van der Waals surface area contributed by atoms with Gasteiger partial charge in [0.15, 0.2) is 0 Å². The lowest BCUT2D eigenvalue weighted by molar-refractivity contribution is 0.707. The van der Waals surface area contributed by atoms with Crippen LogP contribution in [0.3, 0.4) is 0 Å². The van der Waals surface area contributed by atoms with Crippen LogP contribution in [-0.2, 0) is 20.0 Å². The Morgan fingerprint density at radius 2 is 2.11 bits per heavy atom. The van der Waals surface area contributed by atoms with E-state index in [1.54, 1.807) is 0 Å². The summed E-state index contributed by atoms with van der Waals surface area (Å²) < 4.78 is 3.07. The standard InChI is InChI=1S/C14H18BrN3/c1-4-11-7-13(18(3)17-11)9-16-12-6-5-10(2)14(15)8-12/h5-8,16H,4,9H2,1-3H3. The van der Waals surface area contributed by atoms with Crippen molar-refractivity contribution >= 4 is 21.6 Å². The first-order valence-electron chi connectivity index (χ1n) is 6.12.